The van der Waals surface area contributed by atoms with Crippen LogP contribution in [0.25, 0.3) is 27.8 Å². The lowest BCUT2D eigenvalue weighted by Gasteiger charge is -2.18. The molecule has 0 spiro atoms. The van der Waals surface area contributed by atoms with Crippen LogP contribution in [-0.2, 0) is 0 Å². The van der Waals surface area contributed by atoms with Crippen LogP contribution in [0, 0.1) is 17.1 Å². The number of amides is 2. The number of aromatic nitrogens is 5. The van der Waals surface area contributed by atoms with Crippen LogP contribution in [-0.4, -0.2) is 37.4 Å². The predicted octanol–water partition coefficient (Wildman–Crippen LogP) is 6.58. The van der Waals surface area contributed by atoms with Crippen molar-refractivity contribution in [3.63, 3.8) is 0 Å². The number of nitrogens with zero attached hydrogens (tertiary/aromatic N) is 6. The second-order valence-corrected chi connectivity index (χ2v) is 11.4. The van der Waals surface area contributed by atoms with Crippen LogP contribution in [0.4, 0.5) is 26.6 Å². The van der Waals surface area contributed by atoms with E-state index < -0.39 is 11.8 Å². The first-order chi connectivity index (χ1) is 21.7. The zero-order chi connectivity index (χ0) is 31.7. The molecule has 3 heterocycles. The summed E-state index contributed by atoms with van der Waals surface area (Å²) in [6, 6.07) is 15.9. The van der Waals surface area contributed by atoms with E-state index in [4.69, 9.17) is 0 Å². The van der Waals surface area contributed by atoms with E-state index in [1.165, 1.54) is 22.9 Å². The second kappa shape index (κ2) is 12.2. The largest absolute Gasteiger partial charge is 0.357 e. The first-order valence-corrected chi connectivity index (χ1v) is 14.8. The van der Waals surface area contributed by atoms with Crippen molar-refractivity contribution < 1.29 is 9.18 Å². The number of urea groups is 1. The molecular weight excluding hydrogens is 573 g/mol. The molecule has 45 heavy (non-hydrogen) atoms. The maximum absolute atomic E-state index is 15.1. The molecule has 1 fully saturated rings. The number of fused-ring (bicyclic) bond motifs is 1. The molecule has 1 saturated carbocycles. The summed E-state index contributed by atoms with van der Waals surface area (Å²) in [5.74, 6) is 0.164. The lowest BCUT2D eigenvalue weighted by Crippen LogP contribution is -2.26. The Labute approximate surface area is 258 Å². The molecule has 3 N–H and O–H groups in total. The number of carbonyl (C=O) groups is 1. The number of pyridine rings is 1. The van der Waals surface area contributed by atoms with Crippen molar-refractivity contribution in [1.82, 2.24) is 24.3 Å². The fourth-order valence-electron chi connectivity index (χ4n) is 5.68. The summed E-state index contributed by atoms with van der Waals surface area (Å²) in [7, 11) is 1.72. The number of nitrogens with one attached hydrogen (secondary N) is 3. The van der Waals surface area contributed by atoms with Gasteiger partial charge in [-0.05, 0) is 60.7 Å². The standard InChI is InChI=1S/C33H32FN9O2/c1-19(2)27-16-29(43(41-27)24-10-6-7-20(13-24)17-35)39-33(45)38-28-15-21(11-12-26(28)34)25-14-22-18-37-32(36-3)40-30(22)42(31(25)44)23-8-4-5-9-23/h6-7,10-16,18-19,23H,4-5,8-9H2,1-3H3,(H,36,37,40)(H2,38,39,45). The molecule has 3 aromatic heterocycles. The van der Waals surface area contributed by atoms with Crippen LogP contribution in [0.3, 0.4) is 0 Å². The predicted molar refractivity (Wildman–Crippen MR) is 171 cm³/mol. The van der Waals surface area contributed by atoms with E-state index in [0.717, 1.165) is 31.4 Å². The zero-order valence-electron chi connectivity index (χ0n) is 25.1. The van der Waals surface area contributed by atoms with Gasteiger partial charge < -0.3 is 10.6 Å². The van der Waals surface area contributed by atoms with Gasteiger partial charge in [-0.1, -0.05) is 38.8 Å². The smallest absolute Gasteiger partial charge is 0.324 e. The van der Waals surface area contributed by atoms with Crippen molar-refractivity contribution in [2.45, 2.75) is 51.5 Å². The number of nitriles is 1. The van der Waals surface area contributed by atoms with Crippen LogP contribution >= 0.6 is 0 Å². The molecule has 2 aromatic carbocycles. The monoisotopic (exact) mass is 605 g/mol. The third-order valence-corrected chi connectivity index (χ3v) is 7.99. The van der Waals surface area contributed by atoms with E-state index in [0.29, 0.717) is 45.2 Å². The highest BCUT2D eigenvalue weighted by Crippen LogP contribution is 2.33. The molecular formula is C33H32FN9O2. The Balaban J connectivity index is 1.34. The van der Waals surface area contributed by atoms with E-state index in [2.05, 4.69) is 37.1 Å². The summed E-state index contributed by atoms with van der Waals surface area (Å²) in [6.07, 6.45) is 5.44. The Morgan fingerprint density at radius 3 is 2.62 bits per heavy atom. The fraction of sp³-hybridized carbons (Fsp3) is 0.273. The molecule has 11 nitrogen and oxygen atoms in total. The van der Waals surface area contributed by atoms with Crippen LogP contribution in [0.1, 0.15) is 62.7 Å². The quantitative estimate of drug-likeness (QED) is 0.190. The van der Waals surface area contributed by atoms with Gasteiger partial charge in [0, 0.05) is 36.3 Å². The highest BCUT2D eigenvalue weighted by atomic mass is 19.1. The van der Waals surface area contributed by atoms with Crippen LogP contribution in [0.15, 0.2) is 65.6 Å². The van der Waals surface area contributed by atoms with Gasteiger partial charge in [-0.25, -0.2) is 18.9 Å². The molecule has 0 atom stereocenters. The number of anilines is 3. The lowest BCUT2D eigenvalue weighted by atomic mass is 10.0. The maximum atomic E-state index is 15.1. The van der Waals surface area contributed by atoms with Crippen LogP contribution < -0.4 is 21.5 Å². The average molecular weight is 606 g/mol. The molecule has 5 aromatic rings. The number of rotatable bonds is 7. The molecule has 2 amide bonds. The zero-order valence-corrected chi connectivity index (χ0v) is 25.1. The molecule has 6 rings (SSSR count). The Kier molecular flexibility index (Phi) is 8.00. The summed E-state index contributed by atoms with van der Waals surface area (Å²) < 4.78 is 18.3. The van der Waals surface area contributed by atoms with E-state index in [9.17, 15) is 14.9 Å². The Morgan fingerprint density at radius 2 is 1.89 bits per heavy atom. The van der Waals surface area contributed by atoms with Crippen molar-refractivity contribution >= 4 is 34.5 Å². The molecule has 228 valence electrons. The number of halogens is 1. The second-order valence-electron chi connectivity index (χ2n) is 11.4. The lowest BCUT2D eigenvalue weighted by molar-refractivity contribution is 0.262. The third-order valence-electron chi connectivity index (χ3n) is 7.99. The minimum absolute atomic E-state index is 0.00203. The maximum Gasteiger partial charge on any atom is 0.324 e. The summed E-state index contributed by atoms with van der Waals surface area (Å²) >= 11 is 0. The topological polar surface area (TPSA) is 143 Å². The van der Waals surface area contributed by atoms with E-state index >= 15 is 4.39 Å². The van der Waals surface area contributed by atoms with E-state index in [-0.39, 0.29) is 23.2 Å². The first-order valence-electron chi connectivity index (χ1n) is 14.8. The van der Waals surface area contributed by atoms with Crippen LogP contribution in [0.5, 0.6) is 0 Å². The van der Waals surface area contributed by atoms with Crippen molar-refractivity contribution in [2.75, 3.05) is 23.0 Å². The van der Waals surface area contributed by atoms with Gasteiger partial charge in [0.05, 0.1) is 28.7 Å². The van der Waals surface area contributed by atoms with Gasteiger partial charge in [0.25, 0.3) is 5.56 Å². The molecule has 0 bridgehead atoms. The highest BCUT2D eigenvalue weighted by molar-refractivity contribution is 6.00. The fourth-order valence-corrected chi connectivity index (χ4v) is 5.68. The van der Waals surface area contributed by atoms with Gasteiger partial charge in [0.2, 0.25) is 5.95 Å². The van der Waals surface area contributed by atoms with Gasteiger partial charge in [0.15, 0.2) is 0 Å². The third kappa shape index (κ3) is 5.84. The Bertz CT molecular complexity index is 2020. The SMILES string of the molecule is CNc1ncc2cc(-c3ccc(F)c(NC(=O)Nc4cc(C(C)C)nn4-c4cccc(C#N)c4)c3)c(=O)n(C3CCCC3)c2n1. The minimum Gasteiger partial charge on any atom is -0.357 e. The van der Waals surface area contributed by atoms with Crippen molar-refractivity contribution in [2.24, 2.45) is 0 Å². The summed E-state index contributed by atoms with van der Waals surface area (Å²) in [6.45, 7) is 3.95. The van der Waals surface area contributed by atoms with Gasteiger partial charge in [-0.3, -0.25) is 14.7 Å². The first kappa shape index (κ1) is 29.5. The minimum atomic E-state index is -0.700. The van der Waals surface area contributed by atoms with Crippen molar-refractivity contribution in [1.29, 1.82) is 5.26 Å². The Morgan fingerprint density at radius 1 is 1.09 bits per heavy atom. The molecule has 12 heteroatoms. The highest BCUT2D eigenvalue weighted by Gasteiger charge is 2.24. The molecule has 1 aliphatic carbocycles. The van der Waals surface area contributed by atoms with E-state index in [1.807, 2.05) is 13.8 Å². The molecule has 0 unspecified atom stereocenters. The molecule has 0 saturated heterocycles. The normalized spacial score (nSPS) is 13.2. The summed E-state index contributed by atoms with van der Waals surface area (Å²) in [4.78, 5) is 36.1. The van der Waals surface area contributed by atoms with Crippen LogP contribution in [0.2, 0.25) is 0 Å². The summed E-state index contributed by atoms with van der Waals surface area (Å²) in [5, 5.41) is 22.9. The van der Waals surface area contributed by atoms with Crippen molar-refractivity contribution in [3.8, 4) is 22.9 Å². The van der Waals surface area contributed by atoms with Gasteiger partial charge in [-0.15, -0.1) is 0 Å². The summed E-state index contributed by atoms with van der Waals surface area (Å²) in [5.41, 5.74) is 2.78. The average Bonchev–Trinajstić information content (AvgIpc) is 3.72. The number of hydrogen-bond acceptors (Lipinski definition) is 7. The number of benzene rings is 2. The molecule has 0 radical (unpaired) electrons. The Hall–Kier alpha value is -5.57. The number of hydrogen-bond donors (Lipinski definition) is 3. The number of carbonyl (C=O) groups excluding carboxylic acids is 1. The van der Waals surface area contributed by atoms with E-state index in [1.54, 1.807) is 54.2 Å². The molecule has 0 aliphatic heterocycles. The van der Waals surface area contributed by atoms with Gasteiger partial charge >= 0.3 is 6.03 Å². The molecule has 1 aliphatic rings. The van der Waals surface area contributed by atoms with Gasteiger partial charge in [0.1, 0.15) is 17.3 Å². The van der Waals surface area contributed by atoms with Gasteiger partial charge in [-0.2, -0.15) is 15.3 Å². The van der Waals surface area contributed by atoms with Crippen molar-refractivity contribution in [3.05, 3.63) is 88.2 Å².